The molecule has 2 N–H and O–H groups in total. The van der Waals surface area contributed by atoms with E-state index in [2.05, 4.69) is 10.3 Å². The lowest BCUT2D eigenvalue weighted by atomic mass is 10.2. The highest BCUT2D eigenvalue weighted by Crippen LogP contribution is 2.13. The van der Waals surface area contributed by atoms with Gasteiger partial charge in [0, 0.05) is 18.9 Å². The molecule has 0 atom stereocenters. The molecular weight excluding hydrogens is 246 g/mol. The molecule has 2 aromatic rings. The molecule has 1 aromatic carbocycles. The van der Waals surface area contributed by atoms with Crippen molar-refractivity contribution in [1.29, 1.82) is 0 Å². The fraction of sp³-hybridized carbons (Fsp3) is 0.154. The molecule has 0 aliphatic carbocycles. The van der Waals surface area contributed by atoms with Crippen LogP contribution in [0.3, 0.4) is 0 Å². The van der Waals surface area contributed by atoms with Crippen molar-refractivity contribution in [2.45, 2.75) is 6.92 Å². The molecule has 0 radical (unpaired) electrons. The molecule has 1 amide bonds. The lowest BCUT2D eigenvalue weighted by Crippen LogP contribution is -2.37. The molecule has 0 saturated carbocycles. The molecular formula is C13H13N3O3. The van der Waals surface area contributed by atoms with Gasteiger partial charge in [0.2, 0.25) is 0 Å². The molecule has 1 heterocycles. The Labute approximate surface area is 108 Å². The van der Waals surface area contributed by atoms with Gasteiger partial charge in [-0.15, -0.1) is 0 Å². The van der Waals surface area contributed by atoms with Crippen LogP contribution in [0, 0.1) is 6.92 Å². The Balaban J connectivity index is 2.37. The van der Waals surface area contributed by atoms with Gasteiger partial charge in [0.05, 0.1) is 0 Å². The lowest BCUT2D eigenvalue weighted by molar-refractivity contribution is 0.102. The second-order valence-corrected chi connectivity index (χ2v) is 4.14. The van der Waals surface area contributed by atoms with E-state index < -0.39 is 17.2 Å². The number of amides is 1. The normalized spacial score (nSPS) is 10.2. The number of hydrogen-bond donors (Lipinski definition) is 2. The molecule has 0 fully saturated rings. The van der Waals surface area contributed by atoms with Gasteiger partial charge in [0.25, 0.3) is 11.5 Å². The van der Waals surface area contributed by atoms with Crippen molar-refractivity contribution in [3.8, 4) is 0 Å². The highest BCUT2D eigenvalue weighted by molar-refractivity contribution is 6.04. The summed E-state index contributed by atoms with van der Waals surface area (Å²) in [5.74, 6) is -0.550. The van der Waals surface area contributed by atoms with Crippen LogP contribution in [-0.2, 0) is 7.05 Å². The zero-order chi connectivity index (χ0) is 14.0. The standard InChI is InChI=1S/C13H13N3O3/c1-8-5-3-4-6-10(8)15-11(17)9-7-14-13(19)16(2)12(9)18/h3-7H,1-2H3,(H,14,19)(H,15,17). The monoisotopic (exact) mass is 259 g/mol. The topological polar surface area (TPSA) is 84.0 Å². The van der Waals surface area contributed by atoms with Crippen LogP contribution < -0.4 is 16.6 Å². The maximum atomic E-state index is 12.0. The Kier molecular flexibility index (Phi) is 3.33. The Hall–Kier alpha value is -2.63. The molecule has 19 heavy (non-hydrogen) atoms. The lowest BCUT2D eigenvalue weighted by Gasteiger charge is -2.07. The second-order valence-electron chi connectivity index (χ2n) is 4.14. The van der Waals surface area contributed by atoms with E-state index in [0.29, 0.717) is 5.69 Å². The van der Waals surface area contributed by atoms with Gasteiger partial charge in [0.15, 0.2) is 0 Å². The van der Waals surface area contributed by atoms with E-state index in [9.17, 15) is 14.4 Å². The number of anilines is 1. The zero-order valence-electron chi connectivity index (χ0n) is 10.6. The minimum atomic E-state index is -0.630. The van der Waals surface area contributed by atoms with Crippen molar-refractivity contribution in [2.24, 2.45) is 7.05 Å². The number of nitrogens with one attached hydrogen (secondary N) is 2. The Bertz CT molecular complexity index is 743. The Morgan fingerprint density at radius 3 is 2.63 bits per heavy atom. The average Bonchev–Trinajstić information content (AvgIpc) is 2.39. The quantitative estimate of drug-likeness (QED) is 0.829. The summed E-state index contributed by atoms with van der Waals surface area (Å²) < 4.78 is 0.854. The zero-order valence-corrected chi connectivity index (χ0v) is 10.6. The van der Waals surface area contributed by atoms with E-state index in [1.807, 2.05) is 19.1 Å². The number of aromatic nitrogens is 2. The number of aromatic amines is 1. The molecule has 0 bridgehead atoms. The Morgan fingerprint density at radius 2 is 1.95 bits per heavy atom. The third-order valence-electron chi connectivity index (χ3n) is 2.82. The number of H-pyrrole nitrogens is 1. The van der Waals surface area contributed by atoms with Gasteiger partial charge in [-0.2, -0.15) is 0 Å². The second kappa shape index (κ2) is 4.93. The summed E-state index contributed by atoms with van der Waals surface area (Å²) in [6.45, 7) is 1.85. The van der Waals surface area contributed by atoms with E-state index in [1.54, 1.807) is 12.1 Å². The molecule has 0 spiro atoms. The summed E-state index contributed by atoms with van der Waals surface area (Å²) in [5, 5.41) is 2.64. The summed E-state index contributed by atoms with van der Waals surface area (Å²) in [7, 11) is 1.31. The highest BCUT2D eigenvalue weighted by Gasteiger charge is 2.13. The van der Waals surface area contributed by atoms with Crippen LogP contribution in [-0.4, -0.2) is 15.5 Å². The highest BCUT2D eigenvalue weighted by atomic mass is 16.2. The van der Waals surface area contributed by atoms with Crippen LogP contribution in [0.15, 0.2) is 40.1 Å². The van der Waals surface area contributed by atoms with E-state index in [0.717, 1.165) is 16.3 Å². The summed E-state index contributed by atoms with van der Waals surface area (Å²) >= 11 is 0. The van der Waals surface area contributed by atoms with Gasteiger partial charge in [-0.1, -0.05) is 18.2 Å². The maximum absolute atomic E-state index is 12.0. The molecule has 0 unspecified atom stereocenters. The number of carbonyl (C=O) groups excluding carboxylic acids is 1. The van der Waals surface area contributed by atoms with Crippen LogP contribution >= 0.6 is 0 Å². The summed E-state index contributed by atoms with van der Waals surface area (Å²) in [6.07, 6.45) is 1.12. The van der Waals surface area contributed by atoms with Gasteiger partial charge >= 0.3 is 5.69 Å². The number of nitrogens with zero attached hydrogens (tertiary/aromatic N) is 1. The van der Waals surface area contributed by atoms with E-state index >= 15 is 0 Å². The number of para-hydroxylation sites is 1. The van der Waals surface area contributed by atoms with Crippen molar-refractivity contribution in [3.05, 3.63) is 62.4 Å². The molecule has 0 aliphatic rings. The van der Waals surface area contributed by atoms with Crippen molar-refractivity contribution in [3.63, 3.8) is 0 Å². The third-order valence-corrected chi connectivity index (χ3v) is 2.82. The molecule has 0 aliphatic heterocycles. The maximum Gasteiger partial charge on any atom is 0.328 e. The van der Waals surface area contributed by atoms with Crippen LogP contribution in [0.1, 0.15) is 15.9 Å². The van der Waals surface area contributed by atoms with Crippen LogP contribution in [0.25, 0.3) is 0 Å². The molecule has 2 rings (SSSR count). The molecule has 98 valence electrons. The van der Waals surface area contributed by atoms with Crippen LogP contribution in [0.4, 0.5) is 5.69 Å². The first kappa shape index (κ1) is 12.8. The molecule has 6 nitrogen and oxygen atoms in total. The number of aryl methyl sites for hydroxylation is 1. The van der Waals surface area contributed by atoms with Crippen molar-refractivity contribution in [2.75, 3.05) is 5.32 Å². The SMILES string of the molecule is Cc1ccccc1NC(=O)c1c[nH]c(=O)n(C)c1=O. The predicted octanol–water partition coefficient (Wildman–Crippen LogP) is 0.634. The first-order valence-corrected chi connectivity index (χ1v) is 5.66. The number of carbonyl (C=O) groups is 1. The van der Waals surface area contributed by atoms with E-state index in [-0.39, 0.29) is 5.56 Å². The minimum Gasteiger partial charge on any atom is -0.322 e. The number of rotatable bonds is 2. The smallest absolute Gasteiger partial charge is 0.322 e. The third kappa shape index (κ3) is 2.47. The van der Waals surface area contributed by atoms with E-state index in [1.165, 1.54) is 7.05 Å². The summed E-state index contributed by atoms with van der Waals surface area (Å²) in [5.41, 5.74) is 0.218. The van der Waals surface area contributed by atoms with Gasteiger partial charge in [-0.3, -0.25) is 14.2 Å². The first-order valence-electron chi connectivity index (χ1n) is 5.66. The van der Waals surface area contributed by atoms with Gasteiger partial charge < -0.3 is 10.3 Å². The van der Waals surface area contributed by atoms with Crippen LogP contribution in [0.2, 0.25) is 0 Å². The average molecular weight is 259 g/mol. The predicted molar refractivity (Wildman–Crippen MR) is 71.4 cm³/mol. The fourth-order valence-electron chi connectivity index (χ4n) is 1.63. The summed E-state index contributed by atoms with van der Waals surface area (Å²) in [4.78, 5) is 37.3. The van der Waals surface area contributed by atoms with Crippen molar-refractivity contribution >= 4 is 11.6 Å². The fourth-order valence-corrected chi connectivity index (χ4v) is 1.63. The van der Waals surface area contributed by atoms with Crippen LogP contribution in [0.5, 0.6) is 0 Å². The minimum absolute atomic E-state index is 0.106. The van der Waals surface area contributed by atoms with Gasteiger partial charge in [0.1, 0.15) is 5.56 Å². The first-order chi connectivity index (χ1) is 9.00. The molecule has 6 heteroatoms. The van der Waals surface area contributed by atoms with Crippen molar-refractivity contribution in [1.82, 2.24) is 9.55 Å². The molecule has 0 saturated heterocycles. The van der Waals surface area contributed by atoms with Gasteiger partial charge in [-0.25, -0.2) is 4.79 Å². The van der Waals surface area contributed by atoms with Gasteiger partial charge in [-0.05, 0) is 18.6 Å². The van der Waals surface area contributed by atoms with E-state index in [4.69, 9.17) is 0 Å². The van der Waals surface area contributed by atoms with Crippen molar-refractivity contribution < 1.29 is 4.79 Å². The number of hydrogen-bond acceptors (Lipinski definition) is 3. The Morgan fingerprint density at radius 1 is 1.26 bits per heavy atom. The summed E-state index contributed by atoms with van der Waals surface area (Å²) in [6, 6.07) is 7.22. The number of benzene rings is 1. The molecule has 1 aromatic heterocycles. The largest absolute Gasteiger partial charge is 0.328 e.